The van der Waals surface area contributed by atoms with Gasteiger partial charge in [0, 0.05) is 0 Å². The van der Waals surface area contributed by atoms with Crippen LogP contribution in [0.2, 0.25) is 10.0 Å². The Kier molecular flexibility index (Phi) is 6.33. The number of nitrogens with one attached hydrogen (secondary N) is 2. The van der Waals surface area contributed by atoms with Gasteiger partial charge >= 0.3 is 0 Å². The molecular weight excluding hydrogens is 391 g/mol. The molecule has 0 radical (unpaired) electrons. The molecule has 1 heterocycles. The lowest BCUT2D eigenvalue weighted by Gasteiger charge is -2.08. The molecule has 5 nitrogen and oxygen atoms in total. The molecule has 1 amide bonds. The van der Waals surface area contributed by atoms with Crippen molar-refractivity contribution in [2.75, 3.05) is 11.1 Å². The first kappa shape index (κ1) is 18.5. The number of H-pyrrole nitrogens is 1. The second-order valence-corrected chi connectivity index (χ2v) is 6.94. The van der Waals surface area contributed by atoms with Crippen LogP contribution in [-0.2, 0) is 4.79 Å². The maximum absolute atomic E-state index is 12.1. The number of halogens is 2. The molecule has 2 N–H and O–H groups in total. The van der Waals surface area contributed by atoms with Gasteiger partial charge in [-0.2, -0.15) is 0 Å². The van der Waals surface area contributed by atoms with Gasteiger partial charge in [0.25, 0.3) is 0 Å². The van der Waals surface area contributed by atoms with Crippen LogP contribution in [0.3, 0.4) is 0 Å². The number of para-hydroxylation sites is 1. The van der Waals surface area contributed by atoms with E-state index in [4.69, 9.17) is 23.2 Å². The van der Waals surface area contributed by atoms with Crippen LogP contribution < -0.4 is 5.32 Å². The molecule has 132 valence electrons. The van der Waals surface area contributed by atoms with Gasteiger partial charge in [-0.1, -0.05) is 77.4 Å². The van der Waals surface area contributed by atoms with Gasteiger partial charge in [0.2, 0.25) is 11.1 Å². The second kappa shape index (κ2) is 8.89. The van der Waals surface area contributed by atoms with Crippen molar-refractivity contribution in [3.05, 3.63) is 70.0 Å². The third kappa shape index (κ3) is 5.11. The lowest BCUT2D eigenvalue weighted by atomic mass is 10.2. The predicted octanol–water partition coefficient (Wildman–Crippen LogP) is 5.01. The zero-order valence-electron chi connectivity index (χ0n) is 13.4. The fraction of sp³-hybridized carbons (Fsp3) is 0.0556. The maximum Gasteiger partial charge on any atom is 0.234 e. The first-order valence-corrected chi connectivity index (χ1v) is 9.38. The van der Waals surface area contributed by atoms with E-state index in [2.05, 4.69) is 20.5 Å². The molecule has 0 aliphatic rings. The highest BCUT2D eigenvalue weighted by Gasteiger charge is 2.11. The molecular formula is C18H14Cl2N4OS. The molecule has 3 aromatic rings. The standard InChI is InChI=1S/C18H14Cl2N4OS/c19-13-7-4-8-14(20)17(13)22-16(25)11-26-18-21-15(23-24-18)10-9-12-5-2-1-3-6-12/h1-10H,11H2,(H,22,25)(H,21,23,24)/b10-9-. The van der Waals surface area contributed by atoms with Crippen molar-refractivity contribution in [1.82, 2.24) is 15.2 Å². The second-order valence-electron chi connectivity index (χ2n) is 5.18. The summed E-state index contributed by atoms with van der Waals surface area (Å²) in [7, 11) is 0. The van der Waals surface area contributed by atoms with E-state index >= 15 is 0 Å². The smallest absolute Gasteiger partial charge is 0.234 e. The molecule has 0 saturated heterocycles. The van der Waals surface area contributed by atoms with E-state index in [0.717, 1.165) is 5.56 Å². The summed E-state index contributed by atoms with van der Waals surface area (Å²) >= 11 is 13.3. The normalized spacial score (nSPS) is 11.0. The Morgan fingerprint density at radius 3 is 2.54 bits per heavy atom. The molecule has 0 fully saturated rings. The highest BCUT2D eigenvalue weighted by Crippen LogP contribution is 2.30. The van der Waals surface area contributed by atoms with E-state index in [-0.39, 0.29) is 11.7 Å². The van der Waals surface area contributed by atoms with Crippen LogP contribution in [0.15, 0.2) is 53.7 Å². The number of aromatic nitrogens is 3. The van der Waals surface area contributed by atoms with Crippen LogP contribution >= 0.6 is 35.0 Å². The van der Waals surface area contributed by atoms with Crippen molar-refractivity contribution >= 4 is 58.7 Å². The van der Waals surface area contributed by atoms with Crippen molar-refractivity contribution in [2.45, 2.75) is 5.16 Å². The maximum atomic E-state index is 12.1. The Labute approximate surface area is 164 Å². The van der Waals surface area contributed by atoms with E-state index in [1.807, 2.05) is 42.5 Å². The third-order valence-electron chi connectivity index (χ3n) is 3.27. The van der Waals surface area contributed by atoms with Gasteiger partial charge < -0.3 is 5.32 Å². The van der Waals surface area contributed by atoms with Gasteiger partial charge in [-0.3, -0.25) is 9.89 Å². The molecule has 8 heteroatoms. The van der Waals surface area contributed by atoms with Crippen LogP contribution in [0.5, 0.6) is 0 Å². The Balaban J connectivity index is 1.55. The number of carbonyl (C=O) groups is 1. The number of anilines is 1. The van der Waals surface area contributed by atoms with Gasteiger partial charge in [0.05, 0.1) is 21.5 Å². The Bertz CT molecular complexity index is 908. The highest BCUT2D eigenvalue weighted by atomic mass is 35.5. The zero-order chi connectivity index (χ0) is 18.4. The van der Waals surface area contributed by atoms with E-state index < -0.39 is 0 Å². The molecule has 0 bridgehead atoms. The largest absolute Gasteiger partial charge is 0.323 e. The number of thioether (sulfide) groups is 1. The van der Waals surface area contributed by atoms with Crippen LogP contribution in [0.25, 0.3) is 12.2 Å². The zero-order valence-corrected chi connectivity index (χ0v) is 15.8. The predicted molar refractivity (Wildman–Crippen MR) is 108 cm³/mol. The number of aromatic amines is 1. The lowest BCUT2D eigenvalue weighted by molar-refractivity contribution is -0.113. The number of amides is 1. The minimum Gasteiger partial charge on any atom is -0.323 e. The van der Waals surface area contributed by atoms with E-state index in [9.17, 15) is 4.79 Å². The van der Waals surface area contributed by atoms with Crippen molar-refractivity contribution in [3.8, 4) is 0 Å². The van der Waals surface area contributed by atoms with Crippen LogP contribution in [-0.4, -0.2) is 26.8 Å². The summed E-state index contributed by atoms with van der Waals surface area (Å²) in [5.41, 5.74) is 1.47. The number of hydrogen-bond acceptors (Lipinski definition) is 4. The van der Waals surface area contributed by atoms with Crippen molar-refractivity contribution in [1.29, 1.82) is 0 Å². The molecule has 0 aliphatic carbocycles. The van der Waals surface area contributed by atoms with Crippen LogP contribution in [0, 0.1) is 0 Å². The average molecular weight is 405 g/mol. The third-order valence-corrected chi connectivity index (χ3v) is 4.75. The molecule has 0 aliphatic heterocycles. The summed E-state index contributed by atoms with van der Waals surface area (Å²) in [6.07, 6.45) is 3.76. The van der Waals surface area contributed by atoms with Crippen LogP contribution in [0.1, 0.15) is 11.4 Å². The summed E-state index contributed by atoms with van der Waals surface area (Å²) in [5, 5.41) is 10.9. The average Bonchev–Trinajstić information content (AvgIpc) is 3.10. The molecule has 0 unspecified atom stereocenters. The number of carbonyl (C=O) groups excluding carboxylic acids is 1. The fourth-order valence-electron chi connectivity index (χ4n) is 2.06. The number of rotatable bonds is 6. The molecule has 0 saturated carbocycles. The first-order chi connectivity index (χ1) is 12.6. The van der Waals surface area contributed by atoms with Gasteiger partial charge in [0.15, 0.2) is 0 Å². The Morgan fingerprint density at radius 2 is 1.81 bits per heavy atom. The van der Waals surface area contributed by atoms with Gasteiger partial charge in [-0.25, -0.2) is 4.98 Å². The van der Waals surface area contributed by atoms with Gasteiger partial charge in [-0.05, 0) is 23.8 Å². The number of nitrogens with zero attached hydrogens (tertiary/aromatic N) is 2. The molecule has 3 rings (SSSR count). The minimum atomic E-state index is -0.240. The number of hydrogen-bond donors (Lipinski definition) is 2. The molecule has 0 spiro atoms. The summed E-state index contributed by atoms with van der Waals surface area (Å²) < 4.78 is 0. The first-order valence-electron chi connectivity index (χ1n) is 7.64. The van der Waals surface area contributed by atoms with Crippen molar-refractivity contribution in [2.24, 2.45) is 0 Å². The van der Waals surface area contributed by atoms with Gasteiger partial charge in [-0.15, -0.1) is 5.10 Å². The summed E-state index contributed by atoms with van der Waals surface area (Å²) in [4.78, 5) is 16.4. The Morgan fingerprint density at radius 1 is 1.08 bits per heavy atom. The molecule has 2 aromatic carbocycles. The van der Waals surface area contributed by atoms with E-state index in [1.54, 1.807) is 18.2 Å². The molecule has 0 atom stereocenters. The summed E-state index contributed by atoms with van der Waals surface area (Å²) in [5.74, 6) is 0.517. The Hall–Kier alpha value is -2.28. The van der Waals surface area contributed by atoms with Gasteiger partial charge in [0.1, 0.15) is 5.82 Å². The SMILES string of the molecule is O=C(CSc1n[nH]c(/C=C\c2ccccc2)n1)Nc1c(Cl)cccc1Cl. The van der Waals surface area contributed by atoms with Crippen molar-refractivity contribution < 1.29 is 4.79 Å². The molecule has 1 aromatic heterocycles. The summed E-state index contributed by atoms with van der Waals surface area (Å²) in [6, 6.07) is 14.9. The van der Waals surface area contributed by atoms with Crippen molar-refractivity contribution in [3.63, 3.8) is 0 Å². The highest BCUT2D eigenvalue weighted by molar-refractivity contribution is 7.99. The minimum absolute atomic E-state index is 0.140. The van der Waals surface area contributed by atoms with Crippen LogP contribution in [0.4, 0.5) is 5.69 Å². The van der Waals surface area contributed by atoms with E-state index in [1.165, 1.54) is 11.8 Å². The number of benzene rings is 2. The fourth-order valence-corrected chi connectivity index (χ4v) is 3.16. The monoisotopic (exact) mass is 404 g/mol. The lowest BCUT2D eigenvalue weighted by Crippen LogP contribution is -2.14. The quantitative estimate of drug-likeness (QED) is 0.566. The summed E-state index contributed by atoms with van der Waals surface area (Å²) in [6.45, 7) is 0. The van der Waals surface area contributed by atoms with E-state index in [0.29, 0.717) is 26.7 Å². The molecule has 26 heavy (non-hydrogen) atoms. The topological polar surface area (TPSA) is 70.7 Å².